The van der Waals surface area contributed by atoms with Gasteiger partial charge in [0.2, 0.25) is 0 Å². The van der Waals surface area contributed by atoms with Crippen LogP contribution < -0.4 is 10.1 Å². The normalized spacial score (nSPS) is 11.9. The van der Waals surface area contributed by atoms with Crippen LogP contribution in [-0.2, 0) is 4.74 Å². The van der Waals surface area contributed by atoms with E-state index in [0.717, 1.165) is 5.69 Å². The number of hydrogen-bond donors (Lipinski definition) is 1. The Bertz CT molecular complexity index is 409. The molecule has 6 heteroatoms. The van der Waals surface area contributed by atoms with E-state index in [0.29, 0.717) is 13.2 Å². The first-order valence-electron chi connectivity index (χ1n) is 5.76. The Hall–Kier alpha value is -1.82. The van der Waals surface area contributed by atoms with Gasteiger partial charge in [0.1, 0.15) is 0 Å². The molecule has 0 spiro atoms. The quantitative estimate of drug-likeness (QED) is 0.597. The van der Waals surface area contributed by atoms with E-state index in [2.05, 4.69) is 5.32 Å². The molecule has 0 aromatic heterocycles. The maximum Gasteiger partial charge on any atom is 0.311 e. The SMILES string of the molecule is CCOC(C)CNc1ccc([N+](=O)[O-])c(OC)c1. The molecule has 0 saturated carbocycles. The lowest BCUT2D eigenvalue weighted by atomic mass is 10.2. The summed E-state index contributed by atoms with van der Waals surface area (Å²) in [6.07, 6.45) is 0.0798. The van der Waals surface area contributed by atoms with E-state index in [-0.39, 0.29) is 17.5 Å². The van der Waals surface area contributed by atoms with E-state index >= 15 is 0 Å². The van der Waals surface area contributed by atoms with Gasteiger partial charge in [-0.15, -0.1) is 0 Å². The Morgan fingerprint density at radius 2 is 2.22 bits per heavy atom. The minimum atomic E-state index is -0.467. The lowest BCUT2D eigenvalue weighted by molar-refractivity contribution is -0.385. The molecule has 1 aromatic rings. The topological polar surface area (TPSA) is 73.6 Å². The lowest BCUT2D eigenvalue weighted by Gasteiger charge is -2.14. The standard InChI is InChI=1S/C12H18N2O4/c1-4-18-9(2)8-13-10-5-6-11(14(15)16)12(7-10)17-3/h5-7,9,13H,4,8H2,1-3H3. The summed E-state index contributed by atoms with van der Waals surface area (Å²) in [6, 6.07) is 4.68. The number of nitro groups is 1. The summed E-state index contributed by atoms with van der Waals surface area (Å²) in [7, 11) is 1.41. The van der Waals surface area contributed by atoms with Gasteiger partial charge < -0.3 is 14.8 Å². The van der Waals surface area contributed by atoms with E-state index < -0.39 is 4.92 Å². The fourth-order valence-electron chi connectivity index (χ4n) is 1.54. The van der Waals surface area contributed by atoms with Crippen molar-refractivity contribution < 1.29 is 14.4 Å². The molecule has 0 aliphatic carbocycles. The van der Waals surface area contributed by atoms with Gasteiger partial charge in [-0.05, 0) is 19.9 Å². The molecule has 0 bridgehead atoms. The molecular weight excluding hydrogens is 236 g/mol. The first-order valence-corrected chi connectivity index (χ1v) is 5.76. The molecule has 0 aliphatic rings. The Morgan fingerprint density at radius 3 is 2.78 bits per heavy atom. The van der Waals surface area contributed by atoms with Gasteiger partial charge in [-0.25, -0.2) is 0 Å². The maximum atomic E-state index is 10.7. The summed E-state index contributed by atoms with van der Waals surface area (Å²) in [5, 5.41) is 13.9. The van der Waals surface area contributed by atoms with Gasteiger partial charge in [-0.1, -0.05) is 0 Å². The number of nitro benzene ring substituents is 1. The van der Waals surface area contributed by atoms with E-state index in [1.165, 1.54) is 13.2 Å². The van der Waals surface area contributed by atoms with Crippen LogP contribution >= 0.6 is 0 Å². The van der Waals surface area contributed by atoms with Crippen molar-refractivity contribution in [2.24, 2.45) is 0 Å². The van der Waals surface area contributed by atoms with Crippen molar-refractivity contribution in [3.8, 4) is 5.75 Å². The van der Waals surface area contributed by atoms with Crippen LogP contribution in [0.1, 0.15) is 13.8 Å². The summed E-state index contributed by atoms with van der Waals surface area (Å²) in [5.41, 5.74) is 0.727. The highest BCUT2D eigenvalue weighted by Gasteiger charge is 2.14. The van der Waals surface area contributed by atoms with Gasteiger partial charge >= 0.3 is 5.69 Å². The third-order valence-corrected chi connectivity index (χ3v) is 2.42. The molecule has 1 atom stereocenters. The Balaban J connectivity index is 2.71. The summed E-state index contributed by atoms with van der Waals surface area (Å²) in [6.45, 7) is 5.19. The van der Waals surface area contributed by atoms with Gasteiger partial charge in [-0.3, -0.25) is 10.1 Å². The Morgan fingerprint density at radius 1 is 1.50 bits per heavy atom. The zero-order chi connectivity index (χ0) is 13.5. The van der Waals surface area contributed by atoms with Crippen molar-refractivity contribution in [3.63, 3.8) is 0 Å². The molecule has 0 fully saturated rings. The van der Waals surface area contributed by atoms with Crippen LogP contribution in [0.15, 0.2) is 18.2 Å². The van der Waals surface area contributed by atoms with Crippen LogP contribution in [0.3, 0.4) is 0 Å². The second-order valence-electron chi connectivity index (χ2n) is 3.79. The number of nitrogens with zero attached hydrogens (tertiary/aromatic N) is 1. The molecule has 6 nitrogen and oxygen atoms in total. The fourth-order valence-corrected chi connectivity index (χ4v) is 1.54. The molecule has 0 saturated heterocycles. The van der Waals surface area contributed by atoms with E-state index in [4.69, 9.17) is 9.47 Å². The molecule has 0 radical (unpaired) electrons. The molecule has 1 unspecified atom stereocenters. The number of ether oxygens (including phenoxy) is 2. The average Bonchev–Trinajstić information content (AvgIpc) is 2.36. The van der Waals surface area contributed by atoms with Crippen molar-refractivity contribution in [2.75, 3.05) is 25.6 Å². The zero-order valence-corrected chi connectivity index (χ0v) is 10.8. The van der Waals surface area contributed by atoms with Crippen molar-refractivity contribution in [1.29, 1.82) is 0 Å². The van der Waals surface area contributed by atoms with Gasteiger partial charge in [-0.2, -0.15) is 0 Å². The Kier molecular flexibility index (Phi) is 5.38. The first-order chi connectivity index (χ1) is 8.58. The number of nitrogens with one attached hydrogen (secondary N) is 1. The van der Waals surface area contributed by atoms with Crippen LogP contribution in [0.2, 0.25) is 0 Å². The van der Waals surface area contributed by atoms with Gasteiger partial charge in [0.15, 0.2) is 5.75 Å². The molecule has 0 heterocycles. The minimum absolute atomic E-state index is 0.0408. The summed E-state index contributed by atoms with van der Waals surface area (Å²) < 4.78 is 10.4. The highest BCUT2D eigenvalue weighted by atomic mass is 16.6. The van der Waals surface area contributed by atoms with E-state index in [1.807, 2.05) is 13.8 Å². The largest absolute Gasteiger partial charge is 0.490 e. The predicted octanol–water partition coefficient (Wildman–Crippen LogP) is 2.44. The molecule has 0 amide bonds. The third kappa shape index (κ3) is 3.89. The summed E-state index contributed by atoms with van der Waals surface area (Å²) >= 11 is 0. The van der Waals surface area contributed by atoms with Gasteiger partial charge in [0.05, 0.1) is 18.1 Å². The summed E-state index contributed by atoms with van der Waals surface area (Å²) in [5.74, 6) is 0.245. The van der Waals surface area contributed by atoms with Crippen LogP contribution in [0.25, 0.3) is 0 Å². The fraction of sp³-hybridized carbons (Fsp3) is 0.500. The smallest absolute Gasteiger partial charge is 0.311 e. The number of hydrogen-bond acceptors (Lipinski definition) is 5. The van der Waals surface area contributed by atoms with Crippen molar-refractivity contribution in [1.82, 2.24) is 0 Å². The molecule has 100 valence electrons. The van der Waals surface area contributed by atoms with Crippen molar-refractivity contribution in [2.45, 2.75) is 20.0 Å². The van der Waals surface area contributed by atoms with Gasteiger partial charge in [0, 0.05) is 31.0 Å². The van der Waals surface area contributed by atoms with Crippen LogP contribution in [0, 0.1) is 10.1 Å². The molecular formula is C12H18N2O4. The molecule has 1 aromatic carbocycles. The lowest BCUT2D eigenvalue weighted by Crippen LogP contribution is -2.19. The number of methoxy groups -OCH3 is 1. The molecule has 1 rings (SSSR count). The zero-order valence-electron chi connectivity index (χ0n) is 10.8. The van der Waals surface area contributed by atoms with Crippen molar-refractivity contribution in [3.05, 3.63) is 28.3 Å². The number of rotatable bonds is 7. The molecule has 0 aliphatic heterocycles. The monoisotopic (exact) mass is 254 g/mol. The Labute approximate surface area is 106 Å². The van der Waals surface area contributed by atoms with Crippen LogP contribution in [0.4, 0.5) is 11.4 Å². The molecule has 18 heavy (non-hydrogen) atoms. The summed E-state index contributed by atoms with van der Waals surface area (Å²) in [4.78, 5) is 10.3. The van der Waals surface area contributed by atoms with Crippen LogP contribution in [0.5, 0.6) is 5.75 Å². The van der Waals surface area contributed by atoms with Gasteiger partial charge in [0.25, 0.3) is 0 Å². The van der Waals surface area contributed by atoms with E-state index in [9.17, 15) is 10.1 Å². The highest BCUT2D eigenvalue weighted by molar-refractivity contribution is 5.57. The number of benzene rings is 1. The average molecular weight is 254 g/mol. The minimum Gasteiger partial charge on any atom is -0.490 e. The molecule has 1 N–H and O–H groups in total. The predicted molar refractivity (Wildman–Crippen MR) is 69.2 cm³/mol. The second-order valence-corrected chi connectivity index (χ2v) is 3.79. The second kappa shape index (κ2) is 6.80. The first kappa shape index (κ1) is 14.2. The highest BCUT2D eigenvalue weighted by Crippen LogP contribution is 2.29. The van der Waals surface area contributed by atoms with Crippen molar-refractivity contribution >= 4 is 11.4 Å². The third-order valence-electron chi connectivity index (χ3n) is 2.42. The van der Waals surface area contributed by atoms with Crippen LogP contribution in [-0.4, -0.2) is 31.3 Å². The maximum absolute atomic E-state index is 10.7. The van der Waals surface area contributed by atoms with E-state index in [1.54, 1.807) is 12.1 Å². The number of anilines is 1.